The summed E-state index contributed by atoms with van der Waals surface area (Å²) in [7, 11) is 0. The van der Waals surface area contributed by atoms with Crippen molar-refractivity contribution in [3.8, 4) is 16.9 Å². The summed E-state index contributed by atoms with van der Waals surface area (Å²) in [6, 6.07) is 18.1. The molecule has 3 aromatic rings. The van der Waals surface area contributed by atoms with E-state index < -0.39 is 0 Å². The van der Waals surface area contributed by atoms with Gasteiger partial charge in [0.25, 0.3) is 0 Å². The Morgan fingerprint density at radius 1 is 1.13 bits per heavy atom. The molecule has 0 radical (unpaired) electrons. The van der Waals surface area contributed by atoms with E-state index in [-0.39, 0.29) is 0 Å². The molecule has 0 aliphatic carbocycles. The molecule has 0 fully saturated rings. The first-order chi connectivity index (χ1) is 11.3. The fourth-order valence-corrected chi connectivity index (χ4v) is 3.02. The molecule has 0 saturated carbocycles. The molecule has 3 rings (SSSR count). The number of thioether (sulfide) groups is 1. The molecule has 2 aromatic carbocycles. The molecule has 5 heteroatoms. The van der Waals surface area contributed by atoms with Crippen molar-refractivity contribution in [2.24, 2.45) is 5.16 Å². The molecule has 23 heavy (non-hydrogen) atoms. The molecule has 0 amide bonds. The summed E-state index contributed by atoms with van der Waals surface area (Å²) < 4.78 is 1.79. The highest BCUT2D eigenvalue weighted by atomic mass is 32.2. The normalized spacial score (nSPS) is 11.2. The van der Waals surface area contributed by atoms with Crippen molar-refractivity contribution in [2.75, 3.05) is 5.75 Å². The van der Waals surface area contributed by atoms with E-state index >= 15 is 0 Å². The average molecular weight is 323 g/mol. The predicted molar refractivity (Wildman–Crippen MR) is 94.8 cm³/mol. The third kappa shape index (κ3) is 3.46. The summed E-state index contributed by atoms with van der Waals surface area (Å²) in [4.78, 5) is 1.23. The topological polar surface area (TPSA) is 50.4 Å². The molecule has 0 saturated heterocycles. The summed E-state index contributed by atoms with van der Waals surface area (Å²) >= 11 is 1.80. The Labute approximate surface area is 139 Å². The van der Waals surface area contributed by atoms with Crippen LogP contribution in [0.5, 0.6) is 0 Å². The van der Waals surface area contributed by atoms with Gasteiger partial charge in [-0.25, -0.2) is 4.68 Å². The van der Waals surface area contributed by atoms with Gasteiger partial charge in [0.1, 0.15) is 5.69 Å². The first-order valence-electron chi connectivity index (χ1n) is 7.37. The van der Waals surface area contributed by atoms with Crippen molar-refractivity contribution in [3.05, 3.63) is 66.4 Å². The maximum atomic E-state index is 8.91. The van der Waals surface area contributed by atoms with Gasteiger partial charge in [0.2, 0.25) is 0 Å². The van der Waals surface area contributed by atoms with Gasteiger partial charge in [0, 0.05) is 22.2 Å². The van der Waals surface area contributed by atoms with Crippen LogP contribution >= 0.6 is 11.8 Å². The number of oxime groups is 1. The highest BCUT2D eigenvalue weighted by Gasteiger charge is 2.11. The van der Waals surface area contributed by atoms with Crippen LogP contribution in [-0.2, 0) is 0 Å². The molecule has 0 bridgehead atoms. The molecule has 116 valence electrons. The summed E-state index contributed by atoms with van der Waals surface area (Å²) in [5.41, 5.74) is 3.52. The molecule has 1 heterocycles. The van der Waals surface area contributed by atoms with Crippen LogP contribution in [0.2, 0.25) is 0 Å². The Morgan fingerprint density at radius 3 is 2.52 bits per heavy atom. The van der Waals surface area contributed by atoms with Gasteiger partial charge in [-0.1, -0.05) is 42.4 Å². The van der Waals surface area contributed by atoms with Crippen molar-refractivity contribution in [2.45, 2.75) is 11.8 Å². The summed E-state index contributed by atoms with van der Waals surface area (Å²) in [5, 5.41) is 16.7. The van der Waals surface area contributed by atoms with Crippen molar-refractivity contribution < 1.29 is 5.21 Å². The van der Waals surface area contributed by atoms with Gasteiger partial charge in [-0.3, -0.25) is 0 Å². The number of benzene rings is 2. The fraction of sp³-hybridized carbons (Fsp3) is 0.111. The van der Waals surface area contributed by atoms with Crippen LogP contribution < -0.4 is 0 Å². The largest absolute Gasteiger partial charge is 0.411 e. The van der Waals surface area contributed by atoms with Crippen LogP contribution in [0, 0.1) is 0 Å². The van der Waals surface area contributed by atoms with E-state index in [9.17, 15) is 0 Å². The second kappa shape index (κ2) is 7.15. The highest BCUT2D eigenvalue weighted by Crippen LogP contribution is 2.26. The Hall–Kier alpha value is -2.53. The standard InChI is InChI=1S/C18H17N3OS/c1-2-23-17-10-8-14(9-11-17)18-15(12-19-22)13-21(20-18)16-6-4-3-5-7-16/h3-13,22H,2H2,1H3/b19-12-. The molecule has 0 aliphatic rings. The van der Waals surface area contributed by atoms with Gasteiger partial charge in [-0.2, -0.15) is 5.10 Å². The lowest BCUT2D eigenvalue weighted by Gasteiger charge is -2.02. The van der Waals surface area contributed by atoms with Crippen molar-refractivity contribution in [1.82, 2.24) is 9.78 Å². The monoisotopic (exact) mass is 323 g/mol. The summed E-state index contributed by atoms with van der Waals surface area (Å²) in [6.07, 6.45) is 3.27. The van der Waals surface area contributed by atoms with Crippen LogP contribution in [0.4, 0.5) is 0 Å². The minimum Gasteiger partial charge on any atom is -0.411 e. The highest BCUT2D eigenvalue weighted by molar-refractivity contribution is 7.99. The fourth-order valence-electron chi connectivity index (χ4n) is 2.36. The Morgan fingerprint density at radius 2 is 1.87 bits per heavy atom. The molecule has 0 unspecified atom stereocenters. The zero-order chi connectivity index (χ0) is 16.1. The van der Waals surface area contributed by atoms with Gasteiger partial charge in [-0.05, 0) is 30.0 Å². The zero-order valence-electron chi connectivity index (χ0n) is 12.8. The maximum Gasteiger partial charge on any atom is 0.102 e. The van der Waals surface area contributed by atoms with Gasteiger partial charge >= 0.3 is 0 Å². The van der Waals surface area contributed by atoms with Crippen LogP contribution in [-0.4, -0.2) is 27.0 Å². The van der Waals surface area contributed by atoms with Gasteiger partial charge < -0.3 is 5.21 Å². The van der Waals surface area contributed by atoms with E-state index in [1.54, 1.807) is 16.4 Å². The van der Waals surface area contributed by atoms with Gasteiger partial charge in [-0.15, -0.1) is 11.8 Å². The molecule has 0 aliphatic heterocycles. The lowest BCUT2D eigenvalue weighted by molar-refractivity contribution is 0.322. The predicted octanol–water partition coefficient (Wildman–Crippen LogP) is 4.46. The second-order valence-corrected chi connectivity index (χ2v) is 6.25. The number of hydrogen-bond acceptors (Lipinski definition) is 4. The number of rotatable bonds is 5. The van der Waals surface area contributed by atoms with Crippen molar-refractivity contribution >= 4 is 18.0 Å². The first kappa shape index (κ1) is 15.4. The molecular formula is C18H17N3OS. The molecule has 1 aromatic heterocycles. The molecule has 4 nitrogen and oxygen atoms in total. The van der Waals surface area contributed by atoms with Crippen molar-refractivity contribution in [1.29, 1.82) is 0 Å². The molecule has 1 N–H and O–H groups in total. The maximum absolute atomic E-state index is 8.91. The summed E-state index contributed by atoms with van der Waals surface area (Å²) in [6.45, 7) is 2.13. The van der Waals surface area contributed by atoms with E-state index in [1.165, 1.54) is 11.1 Å². The smallest absolute Gasteiger partial charge is 0.102 e. The number of hydrogen-bond donors (Lipinski definition) is 1. The number of aromatic nitrogens is 2. The van der Waals surface area contributed by atoms with E-state index in [1.807, 2.05) is 48.7 Å². The van der Waals surface area contributed by atoms with E-state index in [2.05, 4.69) is 29.3 Å². The molecule has 0 atom stereocenters. The first-order valence-corrected chi connectivity index (χ1v) is 8.36. The number of nitrogens with zero attached hydrogens (tertiary/aromatic N) is 3. The van der Waals surface area contributed by atoms with Crippen LogP contribution in [0.3, 0.4) is 0 Å². The van der Waals surface area contributed by atoms with Crippen LogP contribution in [0.25, 0.3) is 16.9 Å². The summed E-state index contributed by atoms with van der Waals surface area (Å²) in [5.74, 6) is 1.05. The Bertz CT molecular complexity index is 795. The molecule has 0 spiro atoms. The Balaban J connectivity index is 2.02. The average Bonchev–Trinajstić information content (AvgIpc) is 3.01. The SMILES string of the molecule is CCSc1ccc(-c2nn(-c3ccccc3)cc2/C=N\O)cc1. The minimum absolute atomic E-state index is 0.771. The zero-order valence-corrected chi connectivity index (χ0v) is 13.6. The van der Waals surface area contributed by atoms with E-state index in [4.69, 9.17) is 5.21 Å². The second-order valence-electron chi connectivity index (χ2n) is 4.92. The van der Waals surface area contributed by atoms with Crippen molar-refractivity contribution in [3.63, 3.8) is 0 Å². The van der Waals surface area contributed by atoms with E-state index in [0.717, 1.165) is 28.3 Å². The third-order valence-corrected chi connectivity index (χ3v) is 4.29. The lowest BCUT2D eigenvalue weighted by Crippen LogP contribution is -1.93. The molecular weight excluding hydrogens is 306 g/mol. The third-order valence-electron chi connectivity index (χ3n) is 3.40. The van der Waals surface area contributed by atoms with Gasteiger partial charge in [0.05, 0.1) is 11.9 Å². The Kier molecular flexibility index (Phi) is 4.78. The van der Waals surface area contributed by atoms with Gasteiger partial charge in [0.15, 0.2) is 0 Å². The minimum atomic E-state index is 0.771. The quantitative estimate of drug-likeness (QED) is 0.326. The van der Waals surface area contributed by atoms with Crippen LogP contribution in [0.1, 0.15) is 12.5 Å². The van der Waals surface area contributed by atoms with E-state index in [0.29, 0.717) is 0 Å². The number of para-hydroxylation sites is 1. The van der Waals surface area contributed by atoms with Crippen LogP contribution in [0.15, 0.2) is 70.8 Å². The lowest BCUT2D eigenvalue weighted by atomic mass is 10.1.